The van der Waals surface area contributed by atoms with E-state index in [2.05, 4.69) is 5.32 Å². The van der Waals surface area contributed by atoms with Gasteiger partial charge in [0.15, 0.2) is 6.61 Å². The van der Waals surface area contributed by atoms with E-state index in [9.17, 15) is 14.0 Å². The Balaban J connectivity index is 1.75. The van der Waals surface area contributed by atoms with E-state index in [1.54, 1.807) is 0 Å². The minimum Gasteiger partial charge on any atom is -0.484 e. The number of aliphatic carboxylic acids is 1. The van der Waals surface area contributed by atoms with Crippen LogP contribution in [-0.4, -0.2) is 30.1 Å². The van der Waals surface area contributed by atoms with Gasteiger partial charge in [0.1, 0.15) is 11.6 Å². The number of amides is 1. The molecule has 0 bridgehead atoms. The Morgan fingerprint density at radius 2 is 1.95 bits per heavy atom. The molecule has 1 saturated carbocycles. The van der Waals surface area contributed by atoms with Gasteiger partial charge in [-0.1, -0.05) is 6.42 Å². The zero-order valence-corrected chi connectivity index (χ0v) is 10.9. The van der Waals surface area contributed by atoms with Crippen molar-refractivity contribution in [2.75, 3.05) is 13.2 Å². The van der Waals surface area contributed by atoms with E-state index in [0.29, 0.717) is 18.6 Å². The van der Waals surface area contributed by atoms with Crippen LogP contribution >= 0.6 is 0 Å². The van der Waals surface area contributed by atoms with Crippen molar-refractivity contribution < 1.29 is 23.8 Å². The predicted molar refractivity (Wildman–Crippen MR) is 68.8 cm³/mol. The molecule has 108 valence electrons. The fraction of sp³-hybridized carbons (Fsp3) is 0.429. The molecular weight excluding hydrogens is 265 g/mol. The van der Waals surface area contributed by atoms with Gasteiger partial charge in [0.25, 0.3) is 5.91 Å². The Labute approximate surface area is 115 Å². The number of halogens is 1. The van der Waals surface area contributed by atoms with Crippen molar-refractivity contribution in [1.82, 2.24) is 5.32 Å². The number of nitrogens with one attached hydrogen (secondary N) is 1. The summed E-state index contributed by atoms with van der Waals surface area (Å²) >= 11 is 0. The van der Waals surface area contributed by atoms with Crippen molar-refractivity contribution in [2.24, 2.45) is 5.41 Å². The number of rotatable bonds is 6. The third-order valence-electron chi connectivity index (χ3n) is 3.57. The number of benzene rings is 1. The van der Waals surface area contributed by atoms with Gasteiger partial charge < -0.3 is 15.2 Å². The molecule has 1 fully saturated rings. The largest absolute Gasteiger partial charge is 0.484 e. The maximum atomic E-state index is 12.7. The molecule has 0 heterocycles. The van der Waals surface area contributed by atoms with Gasteiger partial charge in [0.2, 0.25) is 0 Å². The average molecular weight is 281 g/mol. The molecule has 0 saturated heterocycles. The number of hydrogen-bond donors (Lipinski definition) is 2. The molecular formula is C14H16FNO4. The van der Waals surface area contributed by atoms with Gasteiger partial charge in [0, 0.05) is 6.54 Å². The van der Waals surface area contributed by atoms with E-state index in [1.165, 1.54) is 24.3 Å². The highest BCUT2D eigenvalue weighted by molar-refractivity contribution is 5.80. The molecule has 0 radical (unpaired) electrons. The second-order valence-electron chi connectivity index (χ2n) is 4.96. The Morgan fingerprint density at radius 1 is 1.30 bits per heavy atom. The Morgan fingerprint density at radius 3 is 2.45 bits per heavy atom. The molecule has 2 rings (SSSR count). The van der Waals surface area contributed by atoms with E-state index in [0.717, 1.165) is 6.42 Å². The van der Waals surface area contributed by atoms with Crippen LogP contribution in [0.3, 0.4) is 0 Å². The second kappa shape index (κ2) is 5.90. The summed E-state index contributed by atoms with van der Waals surface area (Å²) in [5.41, 5.74) is -0.814. The Bertz CT molecular complexity index is 496. The lowest BCUT2D eigenvalue weighted by Gasteiger charge is -2.37. The van der Waals surface area contributed by atoms with E-state index >= 15 is 0 Å². The summed E-state index contributed by atoms with van der Waals surface area (Å²) in [6.45, 7) is -0.102. The number of carboxylic acids is 1. The molecule has 1 aromatic carbocycles. The third-order valence-corrected chi connectivity index (χ3v) is 3.57. The molecule has 0 unspecified atom stereocenters. The summed E-state index contributed by atoms with van der Waals surface area (Å²) < 4.78 is 17.8. The van der Waals surface area contributed by atoms with Crippen LogP contribution in [0.25, 0.3) is 0 Å². The van der Waals surface area contributed by atoms with Crippen molar-refractivity contribution in [1.29, 1.82) is 0 Å². The number of ether oxygens (including phenoxy) is 1. The molecule has 0 spiro atoms. The van der Waals surface area contributed by atoms with Gasteiger partial charge >= 0.3 is 5.97 Å². The monoisotopic (exact) mass is 281 g/mol. The van der Waals surface area contributed by atoms with Gasteiger partial charge in [-0.2, -0.15) is 0 Å². The van der Waals surface area contributed by atoms with Crippen LogP contribution < -0.4 is 10.1 Å². The lowest BCUT2D eigenvalue weighted by atomic mass is 9.69. The summed E-state index contributed by atoms with van der Waals surface area (Å²) in [6.07, 6.45) is 2.04. The first kappa shape index (κ1) is 14.3. The van der Waals surface area contributed by atoms with Crippen LogP contribution in [0.1, 0.15) is 19.3 Å². The highest BCUT2D eigenvalue weighted by Gasteiger charge is 2.44. The summed E-state index contributed by atoms with van der Waals surface area (Å²) in [5.74, 6) is -1.25. The number of hydrogen-bond acceptors (Lipinski definition) is 3. The SMILES string of the molecule is O=C(COc1ccc(F)cc1)NCC1(C(=O)O)CCC1. The minimum atomic E-state index is -0.872. The first-order chi connectivity index (χ1) is 9.52. The zero-order valence-electron chi connectivity index (χ0n) is 10.9. The Kier molecular flexibility index (Phi) is 4.22. The summed E-state index contributed by atoms with van der Waals surface area (Å²) in [7, 11) is 0. The average Bonchev–Trinajstić information content (AvgIpc) is 2.36. The molecule has 1 aliphatic carbocycles. The van der Waals surface area contributed by atoms with Gasteiger partial charge in [-0.15, -0.1) is 0 Å². The van der Waals surface area contributed by atoms with Crippen LogP contribution in [0.15, 0.2) is 24.3 Å². The fourth-order valence-electron chi connectivity index (χ4n) is 2.07. The molecule has 5 nitrogen and oxygen atoms in total. The minimum absolute atomic E-state index is 0.119. The maximum Gasteiger partial charge on any atom is 0.311 e. The quantitative estimate of drug-likeness (QED) is 0.830. The van der Waals surface area contributed by atoms with Crippen molar-refractivity contribution in [3.63, 3.8) is 0 Å². The van der Waals surface area contributed by atoms with E-state index in [4.69, 9.17) is 9.84 Å². The predicted octanol–water partition coefficient (Wildman–Crippen LogP) is 1.58. The van der Waals surface area contributed by atoms with Gasteiger partial charge in [0.05, 0.1) is 5.41 Å². The lowest BCUT2D eigenvalue weighted by molar-refractivity contribution is -0.154. The number of carboxylic acid groups (broad SMARTS) is 1. The van der Waals surface area contributed by atoms with Crippen molar-refractivity contribution in [2.45, 2.75) is 19.3 Å². The first-order valence-corrected chi connectivity index (χ1v) is 6.40. The molecule has 0 aromatic heterocycles. The summed E-state index contributed by atoms with van der Waals surface area (Å²) in [4.78, 5) is 22.7. The van der Waals surface area contributed by atoms with Crippen molar-refractivity contribution in [3.8, 4) is 5.75 Å². The Hall–Kier alpha value is -2.11. The van der Waals surface area contributed by atoms with Gasteiger partial charge in [-0.3, -0.25) is 9.59 Å². The molecule has 20 heavy (non-hydrogen) atoms. The summed E-state index contributed by atoms with van der Waals surface area (Å²) in [6, 6.07) is 5.32. The van der Waals surface area contributed by atoms with Crippen LogP contribution in [0, 0.1) is 11.2 Å². The molecule has 1 aliphatic rings. The van der Waals surface area contributed by atoms with Crippen LogP contribution in [-0.2, 0) is 9.59 Å². The van der Waals surface area contributed by atoms with Crippen molar-refractivity contribution in [3.05, 3.63) is 30.1 Å². The lowest BCUT2D eigenvalue weighted by Crippen LogP contribution is -2.48. The normalized spacial score (nSPS) is 16.1. The van der Waals surface area contributed by atoms with Gasteiger partial charge in [-0.05, 0) is 37.1 Å². The first-order valence-electron chi connectivity index (χ1n) is 6.40. The van der Waals surface area contributed by atoms with Gasteiger partial charge in [-0.25, -0.2) is 4.39 Å². The maximum absolute atomic E-state index is 12.7. The number of carbonyl (C=O) groups is 2. The van der Waals surface area contributed by atoms with E-state index in [1.807, 2.05) is 0 Å². The van der Waals surface area contributed by atoms with Crippen molar-refractivity contribution >= 4 is 11.9 Å². The third kappa shape index (κ3) is 3.26. The molecule has 1 amide bonds. The second-order valence-corrected chi connectivity index (χ2v) is 4.96. The van der Waals surface area contributed by atoms with Crippen LogP contribution in [0.5, 0.6) is 5.75 Å². The molecule has 2 N–H and O–H groups in total. The van der Waals surface area contributed by atoms with E-state index in [-0.39, 0.29) is 24.9 Å². The highest BCUT2D eigenvalue weighted by atomic mass is 19.1. The molecule has 1 aromatic rings. The zero-order chi connectivity index (χ0) is 14.6. The highest BCUT2D eigenvalue weighted by Crippen LogP contribution is 2.40. The fourth-order valence-corrected chi connectivity index (χ4v) is 2.07. The number of carbonyl (C=O) groups excluding carboxylic acids is 1. The molecule has 0 atom stereocenters. The standard InChI is InChI=1S/C14H16FNO4/c15-10-2-4-11(5-3-10)20-8-12(17)16-9-14(13(18)19)6-1-7-14/h2-5H,1,6-9H2,(H,16,17)(H,18,19). The topological polar surface area (TPSA) is 75.6 Å². The summed E-state index contributed by atoms with van der Waals surface area (Å²) in [5, 5.41) is 11.7. The smallest absolute Gasteiger partial charge is 0.311 e. The van der Waals surface area contributed by atoms with Crippen LogP contribution in [0.2, 0.25) is 0 Å². The molecule has 0 aliphatic heterocycles. The van der Waals surface area contributed by atoms with E-state index < -0.39 is 11.4 Å². The molecule has 6 heteroatoms. The van der Waals surface area contributed by atoms with Crippen LogP contribution in [0.4, 0.5) is 4.39 Å².